The minimum atomic E-state index is -1.04. The lowest BCUT2D eigenvalue weighted by Gasteiger charge is -2.03. The van der Waals surface area contributed by atoms with Crippen LogP contribution >= 0.6 is 0 Å². The summed E-state index contributed by atoms with van der Waals surface area (Å²) < 4.78 is 17.4. The zero-order chi connectivity index (χ0) is 14.8. The molecule has 0 atom stereocenters. The van der Waals surface area contributed by atoms with Gasteiger partial charge in [0.1, 0.15) is 12.4 Å². The third-order valence-corrected chi connectivity index (χ3v) is 2.28. The summed E-state index contributed by atoms with van der Waals surface area (Å²) in [6.45, 7) is 0.0383. The Morgan fingerprint density at radius 2 is 2.00 bits per heavy atom. The molecule has 0 aliphatic carbocycles. The van der Waals surface area contributed by atoms with Gasteiger partial charge in [-0.25, -0.2) is 9.18 Å². The second kappa shape index (κ2) is 8.82. The largest absolute Gasteiger partial charge is 0.480 e. The molecule has 0 saturated heterocycles. The highest BCUT2D eigenvalue weighted by Gasteiger charge is 1.99. The Morgan fingerprint density at radius 1 is 1.30 bits per heavy atom. The molecule has 1 rings (SSSR count). The van der Waals surface area contributed by atoms with Gasteiger partial charge >= 0.3 is 5.97 Å². The van der Waals surface area contributed by atoms with E-state index in [-0.39, 0.29) is 37.9 Å². The topological polar surface area (TPSA) is 75.6 Å². The van der Waals surface area contributed by atoms with E-state index in [9.17, 15) is 14.0 Å². The summed E-state index contributed by atoms with van der Waals surface area (Å²) in [4.78, 5) is 21.5. The van der Waals surface area contributed by atoms with Crippen molar-refractivity contribution in [1.29, 1.82) is 0 Å². The number of carbonyl (C=O) groups excluding carboxylic acids is 1. The number of aliphatic carboxylic acids is 1. The number of hydrogen-bond acceptors (Lipinski definition) is 3. The van der Waals surface area contributed by atoms with E-state index in [4.69, 9.17) is 9.84 Å². The molecule has 2 N–H and O–H groups in total. The number of carbonyl (C=O) groups is 2. The molecule has 1 aromatic rings. The molecule has 0 unspecified atom stereocenters. The van der Waals surface area contributed by atoms with Crippen molar-refractivity contribution >= 4 is 18.0 Å². The van der Waals surface area contributed by atoms with Crippen LogP contribution in [0.15, 0.2) is 30.3 Å². The first-order chi connectivity index (χ1) is 9.58. The van der Waals surface area contributed by atoms with Crippen LogP contribution in [0.25, 0.3) is 6.08 Å². The Bertz CT molecular complexity index is 471. The lowest BCUT2D eigenvalue weighted by molar-refractivity contribution is -0.142. The standard InChI is InChI=1S/C14H16FNO4/c15-12-6-4-11(5-7-12)2-1-3-13(17)16-8-9-20-10-14(18)19/h1-2,4-7H,3,8-10H2,(H,16,17)(H,18,19)/b2-1+. The van der Waals surface area contributed by atoms with E-state index >= 15 is 0 Å². The van der Waals surface area contributed by atoms with Gasteiger partial charge in [0.25, 0.3) is 0 Å². The summed E-state index contributed by atoms with van der Waals surface area (Å²) in [7, 11) is 0. The van der Waals surface area contributed by atoms with Gasteiger partial charge in [-0.2, -0.15) is 0 Å². The molecule has 5 nitrogen and oxygen atoms in total. The van der Waals surface area contributed by atoms with Crippen LogP contribution in [-0.2, 0) is 14.3 Å². The number of benzene rings is 1. The molecule has 0 bridgehead atoms. The number of hydrogen-bond donors (Lipinski definition) is 2. The van der Waals surface area contributed by atoms with Crippen molar-refractivity contribution in [2.24, 2.45) is 0 Å². The predicted octanol–water partition coefficient (Wildman–Crippen LogP) is 1.45. The number of rotatable bonds is 8. The van der Waals surface area contributed by atoms with Crippen molar-refractivity contribution in [2.75, 3.05) is 19.8 Å². The van der Waals surface area contributed by atoms with Crippen molar-refractivity contribution in [2.45, 2.75) is 6.42 Å². The Hall–Kier alpha value is -2.21. The minimum absolute atomic E-state index is 0.152. The minimum Gasteiger partial charge on any atom is -0.480 e. The fraction of sp³-hybridized carbons (Fsp3) is 0.286. The molecular formula is C14H16FNO4. The van der Waals surface area contributed by atoms with E-state index < -0.39 is 5.97 Å². The van der Waals surface area contributed by atoms with Crippen molar-refractivity contribution in [3.63, 3.8) is 0 Å². The smallest absolute Gasteiger partial charge is 0.329 e. The maximum absolute atomic E-state index is 12.7. The normalized spacial score (nSPS) is 10.7. The highest BCUT2D eigenvalue weighted by Crippen LogP contribution is 2.04. The molecule has 0 aromatic heterocycles. The van der Waals surface area contributed by atoms with E-state index in [0.29, 0.717) is 0 Å². The highest BCUT2D eigenvalue weighted by molar-refractivity contribution is 5.78. The second-order valence-corrected chi connectivity index (χ2v) is 3.95. The van der Waals surface area contributed by atoms with Crippen LogP contribution in [0.2, 0.25) is 0 Å². The third kappa shape index (κ3) is 7.27. The molecule has 0 spiro atoms. The van der Waals surface area contributed by atoms with Crippen LogP contribution in [0.4, 0.5) is 4.39 Å². The molecular weight excluding hydrogens is 265 g/mol. The van der Waals surface area contributed by atoms with Gasteiger partial charge in [-0.3, -0.25) is 4.79 Å². The summed E-state index contributed by atoms with van der Waals surface area (Å²) in [6, 6.07) is 5.92. The Morgan fingerprint density at radius 3 is 2.65 bits per heavy atom. The van der Waals surface area contributed by atoms with Crippen molar-refractivity contribution in [3.05, 3.63) is 41.7 Å². The van der Waals surface area contributed by atoms with Gasteiger partial charge in [0.05, 0.1) is 6.61 Å². The van der Waals surface area contributed by atoms with E-state index in [1.807, 2.05) is 0 Å². The van der Waals surface area contributed by atoms with Crippen LogP contribution < -0.4 is 5.32 Å². The van der Waals surface area contributed by atoms with Gasteiger partial charge in [-0.15, -0.1) is 0 Å². The number of nitrogens with one attached hydrogen (secondary N) is 1. The fourth-order valence-electron chi connectivity index (χ4n) is 1.37. The molecule has 0 fully saturated rings. The summed E-state index contributed by atoms with van der Waals surface area (Å²) in [5, 5.41) is 10.9. The van der Waals surface area contributed by atoms with E-state index in [0.717, 1.165) is 5.56 Å². The van der Waals surface area contributed by atoms with Crippen LogP contribution in [0, 0.1) is 5.82 Å². The molecule has 0 heterocycles. The molecule has 0 radical (unpaired) electrons. The molecule has 108 valence electrons. The summed E-state index contributed by atoms with van der Waals surface area (Å²) in [5.41, 5.74) is 0.809. The van der Waals surface area contributed by atoms with Crippen LogP contribution in [-0.4, -0.2) is 36.7 Å². The Balaban J connectivity index is 2.16. The van der Waals surface area contributed by atoms with E-state index in [2.05, 4.69) is 5.32 Å². The number of carboxylic acids is 1. The average Bonchev–Trinajstić information content (AvgIpc) is 2.40. The van der Waals surface area contributed by atoms with Crippen molar-refractivity contribution in [3.8, 4) is 0 Å². The molecule has 0 saturated carbocycles. The summed E-state index contributed by atoms with van der Waals surface area (Å²) in [6.07, 6.45) is 3.58. The number of halogens is 1. The summed E-state index contributed by atoms with van der Waals surface area (Å²) >= 11 is 0. The van der Waals surface area contributed by atoms with Gasteiger partial charge in [0.15, 0.2) is 0 Å². The number of ether oxygens (including phenoxy) is 1. The van der Waals surface area contributed by atoms with Gasteiger partial charge in [-0.1, -0.05) is 24.3 Å². The molecule has 6 heteroatoms. The first-order valence-electron chi connectivity index (χ1n) is 6.06. The van der Waals surface area contributed by atoms with Crippen LogP contribution in [0.1, 0.15) is 12.0 Å². The molecule has 1 aromatic carbocycles. The first kappa shape index (κ1) is 15.8. The predicted molar refractivity (Wildman–Crippen MR) is 71.5 cm³/mol. The SMILES string of the molecule is O=C(O)COCCNC(=O)C/C=C/c1ccc(F)cc1. The maximum Gasteiger partial charge on any atom is 0.329 e. The Kier molecular flexibility index (Phi) is 6.99. The zero-order valence-electron chi connectivity index (χ0n) is 10.8. The van der Waals surface area contributed by atoms with Crippen LogP contribution in [0.5, 0.6) is 0 Å². The monoisotopic (exact) mass is 281 g/mol. The lowest BCUT2D eigenvalue weighted by Crippen LogP contribution is -2.27. The highest BCUT2D eigenvalue weighted by atomic mass is 19.1. The molecule has 1 amide bonds. The van der Waals surface area contributed by atoms with Crippen molar-refractivity contribution in [1.82, 2.24) is 5.32 Å². The maximum atomic E-state index is 12.7. The zero-order valence-corrected chi connectivity index (χ0v) is 10.8. The third-order valence-electron chi connectivity index (χ3n) is 2.28. The first-order valence-corrected chi connectivity index (χ1v) is 6.06. The van der Waals surface area contributed by atoms with E-state index in [1.54, 1.807) is 24.3 Å². The van der Waals surface area contributed by atoms with Gasteiger partial charge in [0.2, 0.25) is 5.91 Å². The lowest BCUT2D eigenvalue weighted by atomic mass is 10.2. The molecule has 0 aliphatic heterocycles. The fourth-order valence-corrected chi connectivity index (χ4v) is 1.37. The Labute approximate surface area is 116 Å². The van der Waals surface area contributed by atoms with Gasteiger partial charge < -0.3 is 15.2 Å². The second-order valence-electron chi connectivity index (χ2n) is 3.95. The quantitative estimate of drug-likeness (QED) is 0.707. The van der Waals surface area contributed by atoms with E-state index in [1.165, 1.54) is 12.1 Å². The van der Waals surface area contributed by atoms with Gasteiger partial charge in [-0.05, 0) is 17.7 Å². The van der Waals surface area contributed by atoms with Crippen LogP contribution in [0.3, 0.4) is 0 Å². The molecule has 0 aliphatic rings. The number of carboxylic acid groups (broad SMARTS) is 1. The molecule has 20 heavy (non-hydrogen) atoms. The average molecular weight is 281 g/mol. The summed E-state index contributed by atoms with van der Waals surface area (Å²) in [5.74, 6) is -1.54. The van der Waals surface area contributed by atoms with Gasteiger partial charge in [0, 0.05) is 13.0 Å². The number of amides is 1. The van der Waals surface area contributed by atoms with Crippen molar-refractivity contribution < 1.29 is 23.8 Å².